The number of carbonyl (C=O) groups excluding carboxylic acids is 1. The third-order valence-corrected chi connectivity index (χ3v) is 4.85. The predicted molar refractivity (Wildman–Crippen MR) is 93.4 cm³/mol. The molecule has 1 fully saturated rings. The number of aryl methyl sites for hydroxylation is 2. The molecule has 0 bridgehead atoms. The molecule has 1 N–H and O–H groups in total. The Morgan fingerprint density at radius 1 is 1.33 bits per heavy atom. The Kier molecular flexibility index (Phi) is 4.71. The molecule has 1 aliphatic rings. The van der Waals surface area contributed by atoms with E-state index in [9.17, 15) is 9.90 Å². The highest BCUT2D eigenvalue weighted by molar-refractivity contribution is 5.85. The van der Waals surface area contributed by atoms with Gasteiger partial charge in [-0.25, -0.2) is 0 Å². The second kappa shape index (κ2) is 6.77. The second-order valence-electron chi connectivity index (χ2n) is 6.73. The molecule has 5 nitrogen and oxygen atoms in total. The van der Waals surface area contributed by atoms with Crippen LogP contribution in [-0.4, -0.2) is 44.9 Å². The molecule has 0 saturated heterocycles. The van der Waals surface area contributed by atoms with Crippen LogP contribution in [0.2, 0.25) is 0 Å². The van der Waals surface area contributed by atoms with Crippen LogP contribution in [0.5, 0.6) is 0 Å². The Morgan fingerprint density at radius 3 is 2.67 bits per heavy atom. The fourth-order valence-corrected chi connectivity index (χ4v) is 3.21. The highest BCUT2D eigenvalue weighted by Crippen LogP contribution is 2.33. The molecule has 5 heteroatoms. The molecule has 0 radical (unpaired) electrons. The highest BCUT2D eigenvalue weighted by Gasteiger charge is 2.43. The number of aromatic nitrogens is 2. The summed E-state index contributed by atoms with van der Waals surface area (Å²) in [6.07, 6.45) is 3.78. The van der Waals surface area contributed by atoms with Crippen molar-refractivity contribution in [2.24, 2.45) is 7.05 Å². The van der Waals surface area contributed by atoms with E-state index >= 15 is 0 Å². The molecule has 1 aromatic heterocycles. The summed E-state index contributed by atoms with van der Waals surface area (Å²) < 4.78 is 1.90. The van der Waals surface area contributed by atoms with Crippen LogP contribution in [0.15, 0.2) is 36.4 Å². The van der Waals surface area contributed by atoms with Crippen molar-refractivity contribution in [3.8, 4) is 11.3 Å². The largest absolute Gasteiger partial charge is 0.380 e. The summed E-state index contributed by atoms with van der Waals surface area (Å²) in [6.45, 7) is 0.637. The van der Waals surface area contributed by atoms with E-state index < -0.39 is 5.60 Å². The van der Waals surface area contributed by atoms with Crippen molar-refractivity contribution >= 4 is 5.91 Å². The van der Waals surface area contributed by atoms with Crippen molar-refractivity contribution < 1.29 is 9.90 Å². The first kappa shape index (κ1) is 16.7. The smallest absolute Gasteiger partial charge is 0.254 e. The van der Waals surface area contributed by atoms with Crippen LogP contribution in [0.25, 0.3) is 11.3 Å². The van der Waals surface area contributed by atoms with Gasteiger partial charge in [0.15, 0.2) is 0 Å². The van der Waals surface area contributed by atoms with Crippen molar-refractivity contribution in [2.45, 2.75) is 37.7 Å². The third kappa shape index (κ3) is 3.36. The maximum absolute atomic E-state index is 12.2. The lowest BCUT2D eigenvalue weighted by Gasteiger charge is -2.37. The van der Waals surface area contributed by atoms with Crippen molar-refractivity contribution in [3.05, 3.63) is 42.1 Å². The summed E-state index contributed by atoms with van der Waals surface area (Å²) >= 11 is 0. The lowest BCUT2D eigenvalue weighted by atomic mass is 9.79. The van der Waals surface area contributed by atoms with Gasteiger partial charge in [-0.1, -0.05) is 30.3 Å². The molecule has 0 aliphatic heterocycles. The second-order valence-corrected chi connectivity index (χ2v) is 6.73. The normalized spacial score (nSPS) is 15.8. The van der Waals surface area contributed by atoms with E-state index in [1.165, 1.54) is 0 Å². The molecule has 128 valence electrons. The van der Waals surface area contributed by atoms with Gasteiger partial charge in [0.25, 0.3) is 5.91 Å². The van der Waals surface area contributed by atoms with Gasteiger partial charge in [0.1, 0.15) is 5.60 Å². The lowest BCUT2D eigenvalue weighted by molar-refractivity contribution is -0.158. The van der Waals surface area contributed by atoms with Crippen molar-refractivity contribution in [1.82, 2.24) is 14.7 Å². The lowest BCUT2D eigenvalue weighted by Crippen LogP contribution is -2.52. The van der Waals surface area contributed by atoms with Crippen LogP contribution in [0.3, 0.4) is 0 Å². The van der Waals surface area contributed by atoms with Gasteiger partial charge in [0, 0.05) is 20.6 Å². The number of amides is 1. The molecule has 1 saturated carbocycles. The zero-order valence-corrected chi connectivity index (χ0v) is 14.4. The van der Waals surface area contributed by atoms with Crippen LogP contribution in [0.1, 0.15) is 31.4 Å². The van der Waals surface area contributed by atoms with Gasteiger partial charge in [-0.3, -0.25) is 9.48 Å². The predicted octanol–water partition coefficient (Wildman–Crippen LogP) is 2.39. The molecule has 1 aliphatic carbocycles. The standard InChI is InChI=1S/C19H25N3O2/c1-21(18(23)19(24)11-7-12-19)13-6-10-16-14-17(22(2)20-16)15-8-4-3-5-9-15/h3-5,8-9,14,24H,6-7,10-13H2,1-2H3. The van der Waals surface area contributed by atoms with E-state index in [1.807, 2.05) is 29.9 Å². The van der Waals surface area contributed by atoms with E-state index in [0.29, 0.717) is 19.4 Å². The first-order valence-corrected chi connectivity index (χ1v) is 8.56. The van der Waals surface area contributed by atoms with Gasteiger partial charge < -0.3 is 10.0 Å². The number of carbonyl (C=O) groups is 1. The molecule has 1 amide bonds. The molecule has 2 aromatic rings. The Labute approximate surface area is 142 Å². The fourth-order valence-electron chi connectivity index (χ4n) is 3.21. The number of rotatable bonds is 6. The maximum Gasteiger partial charge on any atom is 0.254 e. The molecular formula is C19H25N3O2. The molecule has 0 spiro atoms. The van der Waals surface area contributed by atoms with E-state index in [0.717, 1.165) is 36.2 Å². The van der Waals surface area contributed by atoms with Crippen LogP contribution in [0.4, 0.5) is 0 Å². The monoisotopic (exact) mass is 327 g/mol. The molecule has 1 heterocycles. The third-order valence-electron chi connectivity index (χ3n) is 4.85. The summed E-state index contributed by atoms with van der Waals surface area (Å²) in [6, 6.07) is 12.3. The van der Waals surface area contributed by atoms with Crippen LogP contribution < -0.4 is 0 Å². The zero-order valence-electron chi connectivity index (χ0n) is 14.4. The summed E-state index contributed by atoms with van der Waals surface area (Å²) in [5.41, 5.74) is 2.18. The Hall–Kier alpha value is -2.14. The number of likely N-dealkylation sites (N-methyl/N-ethyl adjacent to an activating group) is 1. The van der Waals surface area contributed by atoms with Gasteiger partial charge in [0.2, 0.25) is 0 Å². The van der Waals surface area contributed by atoms with Crippen LogP contribution >= 0.6 is 0 Å². The summed E-state index contributed by atoms with van der Waals surface area (Å²) in [5, 5.41) is 14.7. The zero-order chi connectivity index (χ0) is 17.2. The minimum Gasteiger partial charge on any atom is -0.380 e. The molecule has 0 unspecified atom stereocenters. The topological polar surface area (TPSA) is 58.4 Å². The van der Waals surface area contributed by atoms with Crippen LogP contribution in [0, 0.1) is 0 Å². The summed E-state index contributed by atoms with van der Waals surface area (Å²) in [4.78, 5) is 13.8. The van der Waals surface area contributed by atoms with Crippen LogP contribution in [-0.2, 0) is 18.3 Å². The number of aliphatic hydroxyl groups is 1. The molecule has 3 rings (SSSR count). The molecular weight excluding hydrogens is 302 g/mol. The van der Waals surface area contributed by atoms with Crippen molar-refractivity contribution in [1.29, 1.82) is 0 Å². The molecule has 24 heavy (non-hydrogen) atoms. The number of nitrogens with zero attached hydrogens (tertiary/aromatic N) is 3. The van der Waals surface area contributed by atoms with Crippen molar-refractivity contribution in [2.75, 3.05) is 13.6 Å². The molecule has 1 aromatic carbocycles. The van der Waals surface area contributed by atoms with Gasteiger partial charge >= 0.3 is 0 Å². The molecule has 0 atom stereocenters. The minimum absolute atomic E-state index is 0.139. The quantitative estimate of drug-likeness (QED) is 0.886. The maximum atomic E-state index is 12.2. The Balaban J connectivity index is 1.55. The van der Waals surface area contributed by atoms with Gasteiger partial charge in [0.05, 0.1) is 11.4 Å². The van der Waals surface area contributed by atoms with Gasteiger partial charge in [-0.2, -0.15) is 5.10 Å². The summed E-state index contributed by atoms with van der Waals surface area (Å²) in [5.74, 6) is -0.139. The fraction of sp³-hybridized carbons (Fsp3) is 0.474. The Bertz CT molecular complexity index is 705. The van der Waals surface area contributed by atoms with Gasteiger partial charge in [-0.15, -0.1) is 0 Å². The number of hydrogen-bond donors (Lipinski definition) is 1. The average molecular weight is 327 g/mol. The first-order chi connectivity index (χ1) is 11.5. The van der Waals surface area contributed by atoms with Crippen molar-refractivity contribution in [3.63, 3.8) is 0 Å². The van der Waals surface area contributed by atoms with E-state index in [1.54, 1.807) is 11.9 Å². The minimum atomic E-state index is -1.10. The van der Waals surface area contributed by atoms with Gasteiger partial charge in [-0.05, 0) is 43.7 Å². The SMILES string of the molecule is CN(CCCc1cc(-c2ccccc2)n(C)n1)C(=O)C1(O)CCC1. The number of benzene rings is 1. The summed E-state index contributed by atoms with van der Waals surface area (Å²) in [7, 11) is 3.72. The van der Waals surface area contributed by atoms with E-state index in [4.69, 9.17) is 0 Å². The Morgan fingerprint density at radius 2 is 2.04 bits per heavy atom. The number of hydrogen-bond acceptors (Lipinski definition) is 3. The highest BCUT2D eigenvalue weighted by atomic mass is 16.3. The first-order valence-electron chi connectivity index (χ1n) is 8.56. The van der Waals surface area contributed by atoms with E-state index in [-0.39, 0.29) is 5.91 Å². The average Bonchev–Trinajstić information content (AvgIpc) is 2.93. The van der Waals surface area contributed by atoms with E-state index in [2.05, 4.69) is 23.3 Å².